The number of nitriles is 1. The molecule has 0 spiro atoms. The van der Waals surface area contributed by atoms with Gasteiger partial charge in [-0.15, -0.1) is 0 Å². The van der Waals surface area contributed by atoms with Crippen LogP contribution >= 0.6 is 23.2 Å². The second kappa shape index (κ2) is 4.66. The lowest BCUT2D eigenvalue weighted by Crippen LogP contribution is -2.05. The topological polar surface area (TPSA) is 54.5 Å². The Morgan fingerprint density at radius 3 is 2.89 bits per heavy atom. The van der Waals surface area contributed by atoms with Crippen LogP contribution in [-0.2, 0) is 0 Å². The zero-order valence-electron chi connectivity index (χ0n) is 10.4. The van der Waals surface area contributed by atoms with Crippen molar-refractivity contribution in [1.82, 2.24) is 14.5 Å². The number of imidazole rings is 1. The van der Waals surface area contributed by atoms with Gasteiger partial charge >= 0.3 is 0 Å². The van der Waals surface area contributed by atoms with Gasteiger partial charge in [-0.2, -0.15) is 5.26 Å². The lowest BCUT2D eigenvalue weighted by molar-refractivity contribution is 0.517. The smallest absolute Gasteiger partial charge is 0.163 e. The second-order valence-corrected chi connectivity index (χ2v) is 5.69. The minimum atomic E-state index is 0.124. The molecule has 0 bridgehead atoms. The SMILES string of the molecule is Cc1c(Cl)nc2c(ncn2[C@H]2CCC(C#N)C2)c1Cl. The third-order valence-electron chi connectivity index (χ3n) is 3.80. The molecule has 1 aliphatic rings. The third-order valence-corrected chi connectivity index (χ3v) is 4.63. The number of hydrogen-bond acceptors (Lipinski definition) is 3. The molecule has 4 nitrogen and oxygen atoms in total. The summed E-state index contributed by atoms with van der Waals surface area (Å²) in [5, 5.41) is 9.96. The molecule has 0 aromatic carbocycles. The molecule has 1 aliphatic carbocycles. The predicted octanol–water partition coefficient (Wildman–Crippen LogP) is 3.91. The third kappa shape index (κ3) is 1.98. The minimum Gasteiger partial charge on any atom is -0.312 e. The maximum atomic E-state index is 8.99. The van der Waals surface area contributed by atoms with Crippen LogP contribution in [0.5, 0.6) is 0 Å². The normalized spacial score (nSPS) is 22.8. The molecular formula is C13H12Cl2N4. The number of nitrogens with zero attached hydrogens (tertiary/aromatic N) is 4. The quantitative estimate of drug-likeness (QED) is 0.749. The van der Waals surface area contributed by atoms with Crippen LogP contribution in [0.3, 0.4) is 0 Å². The first kappa shape index (κ1) is 12.7. The van der Waals surface area contributed by atoms with Gasteiger partial charge in [-0.3, -0.25) is 0 Å². The summed E-state index contributed by atoms with van der Waals surface area (Å²) in [6, 6.07) is 2.59. The average molecular weight is 295 g/mol. The lowest BCUT2D eigenvalue weighted by Gasteiger charge is -2.12. The highest BCUT2D eigenvalue weighted by Crippen LogP contribution is 2.37. The molecule has 1 fully saturated rings. The number of halogens is 2. The molecule has 0 radical (unpaired) electrons. The van der Waals surface area contributed by atoms with Crippen molar-refractivity contribution in [3.05, 3.63) is 22.1 Å². The zero-order valence-corrected chi connectivity index (χ0v) is 11.9. The van der Waals surface area contributed by atoms with E-state index < -0.39 is 0 Å². The Morgan fingerprint density at radius 1 is 1.42 bits per heavy atom. The van der Waals surface area contributed by atoms with Crippen molar-refractivity contribution < 1.29 is 0 Å². The highest BCUT2D eigenvalue weighted by molar-refractivity contribution is 6.38. The summed E-state index contributed by atoms with van der Waals surface area (Å²) in [6.07, 6.45) is 4.49. The van der Waals surface area contributed by atoms with E-state index in [1.165, 1.54) is 0 Å². The van der Waals surface area contributed by atoms with E-state index >= 15 is 0 Å². The molecule has 2 atom stereocenters. The van der Waals surface area contributed by atoms with Crippen molar-refractivity contribution >= 4 is 34.4 Å². The van der Waals surface area contributed by atoms with Gasteiger partial charge in [-0.25, -0.2) is 9.97 Å². The van der Waals surface area contributed by atoms with Crippen molar-refractivity contribution in [2.45, 2.75) is 32.2 Å². The van der Waals surface area contributed by atoms with Crippen LogP contribution in [0.2, 0.25) is 10.2 Å². The van der Waals surface area contributed by atoms with Gasteiger partial charge in [0.05, 0.1) is 17.4 Å². The van der Waals surface area contributed by atoms with Gasteiger partial charge in [-0.05, 0) is 26.2 Å². The summed E-state index contributed by atoms with van der Waals surface area (Å²) in [7, 11) is 0. The van der Waals surface area contributed by atoms with Crippen LogP contribution in [0.4, 0.5) is 0 Å². The molecule has 6 heteroatoms. The summed E-state index contributed by atoms with van der Waals surface area (Å²) >= 11 is 12.4. The number of hydrogen-bond donors (Lipinski definition) is 0. The number of rotatable bonds is 1. The predicted molar refractivity (Wildman–Crippen MR) is 74.3 cm³/mol. The zero-order chi connectivity index (χ0) is 13.6. The standard InChI is InChI=1S/C13H12Cl2N4/c1-7-10(14)11-13(18-12(7)15)19(6-17-11)9-3-2-8(4-9)5-16/h6,8-9H,2-4H2,1H3/t8?,9-/m0/s1. The molecule has 1 unspecified atom stereocenters. The first-order valence-electron chi connectivity index (χ1n) is 6.19. The lowest BCUT2D eigenvalue weighted by atomic mass is 10.1. The molecule has 0 N–H and O–H groups in total. The monoisotopic (exact) mass is 294 g/mol. The van der Waals surface area contributed by atoms with Crippen LogP contribution in [0.25, 0.3) is 11.2 Å². The highest BCUT2D eigenvalue weighted by Gasteiger charge is 2.27. The summed E-state index contributed by atoms with van der Waals surface area (Å²) < 4.78 is 2.00. The number of aromatic nitrogens is 3. The molecule has 0 amide bonds. The van der Waals surface area contributed by atoms with Crippen molar-refractivity contribution in [2.24, 2.45) is 5.92 Å². The maximum absolute atomic E-state index is 8.99. The van der Waals surface area contributed by atoms with E-state index in [2.05, 4.69) is 16.0 Å². The largest absolute Gasteiger partial charge is 0.312 e. The fourth-order valence-corrected chi connectivity index (χ4v) is 3.11. The van der Waals surface area contributed by atoms with Gasteiger partial charge in [0.1, 0.15) is 10.7 Å². The van der Waals surface area contributed by atoms with Crippen LogP contribution < -0.4 is 0 Å². The molecule has 3 rings (SSSR count). The maximum Gasteiger partial charge on any atom is 0.163 e. The number of fused-ring (bicyclic) bond motifs is 1. The van der Waals surface area contributed by atoms with E-state index in [0.29, 0.717) is 21.3 Å². The molecule has 2 aromatic rings. The Morgan fingerprint density at radius 2 is 2.21 bits per heavy atom. The van der Waals surface area contributed by atoms with Gasteiger partial charge in [0.15, 0.2) is 5.65 Å². The van der Waals surface area contributed by atoms with Crippen LogP contribution in [0.1, 0.15) is 30.9 Å². The Kier molecular flexibility index (Phi) is 3.12. The van der Waals surface area contributed by atoms with Gasteiger partial charge < -0.3 is 4.57 Å². The first-order valence-corrected chi connectivity index (χ1v) is 6.95. The molecule has 2 heterocycles. The molecule has 1 saturated carbocycles. The summed E-state index contributed by atoms with van der Waals surface area (Å²) in [5.41, 5.74) is 2.15. The minimum absolute atomic E-state index is 0.124. The molecular weight excluding hydrogens is 283 g/mol. The summed E-state index contributed by atoms with van der Waals surface area (Å²) in [6.45, 7) is 1.83. The Balaban J connectivity index is 2.09. The van der Waals surface area contributed by atoms with Crippen molar-refractivity contribution in [3.63, 3.8) is 0 Å². The molecule has 2 aromatic heterocycles. The summed E-state index contributed by atoms with van der Waals surface area (Å²) in [4.78, 5) is 8.73. The van der Waals surface area contributed by atoms with E-state index in [-0.39, 0.29) is 12.0 Å². The fourth-order valence-electron chi connectivity index (χ4n) is 2.66. The van der Waals surface area contributed by atoms with E-state index in [4.69, 9.17) is 28.5 Å². The number of pyridine rings is 1. The van der Waals surface area contributed by atoms with Gasteiger partial charge in [0.2, 0.25) is 0 Å². The van der Waals surface area contributed by atoms with Crippen LogP contribution in [0.15, 0.2) is 6.33 Å². The second-order valence-electron chi connectivity index (χ2n) is 4.96. The Labute approximate surface area is 121 Å². The van der Waals surface area contributed by atoms with E-state index in [9.17, 15) is 0 Å². The van der Waals surface area contributed by atoms with Crippen molar-refractivity contribution in [3.8, 4) is 6.07 Å². The van der Waals surface area contributed by atoms with E-state index in [1.807, 2.05) is 11.5 Å². The Bertz CT molecular complexity index is 686. The average Bonchev–Trinajstić information content (AvgIpc) is 3.01. The van der Waals surface area contributed by atoms with Crippen LogP contribution in [-0.4, -0.2) is 14.5 Å². The van der Waals surface area contributed by atoms with Gasteiger partial charge in [0.25, 0.3) is 0 Å². The molecule has 0 aliphatic heterocycles. The van der Waals surface area contributed by atoms with Gasteiger partial charge in [-0.1, -0.05) is 23.2 Å². The van der Waals surface area contributed by atoms with Crippen molar-refractivity contribution in [1.29, 1.82) is 5.26 Å². The summed E-state index contributed by atoms with van der Waals surface area (Å²) in [5.74, 6) is 0.124. The Hall–Kier alpha value is -1.31. The molecule has 19 heavy (non-hydrogen) atoms. The van der Waals surface area contributed by atoms with E-state index in [1.54, 1.807) is 6.33 Å². The molecule has 98 valence electrons. The highest BCUT2D eigenvalue weighted by atomic mass is 35.5. The first-order chi connectivity index (χ1) is 9.11. The van der Waals surface area contributed by atoms with Crippen LogP contribution in [0, 0.1) is 24.2 Å². The fraction of sp³-hybridized carbons (Fsp3) is 0.462. The van der Waals surface area contributed by atoms with Gasteiger partial charge in [0, 0.05) is 17.5 Å². The van der Waals surface area contributed by atoms with E-state index in [0.717, 1.165) is 24.8 Å². The van der Waals surface area contributed by atoms with Crippen molar-refractivity contribution in [2.75, 3.05) is 0 Å². The molecule has 0 saturated heterocycles.